The maximum atomic E-state index is 11.3. The molecule has 7 heteroatoms. The van der Waals surface area contributed by atoms with E-state index in [0.717, 1.165) is 27.6 Å². The molecule has 0 bridgehead atoms. The Balaban J connectivity index is 0.00000166. The molecule has 5 nitrogen and oxygen atoms in total. The van der Waals surface area contributed by atoms with Gasteiger partial charge in [-0.25, -0.2) is 4.79 Å². The van der Waals surface area contributed by atoms with E-state index in [1.54, 1.807) is 6.08 Å². The molecule has 0 saturated heterocycles. The highest BCUT2D eigenvalue weighted by atomic mass is 35.5. The van der Waals surface area contributed by atoms with Crippen LogP contribution in [0.25, 0.3) is 0 Å². The van der Waals surface area contributed by atoms with E-state index in [2.05, 4.69) is 5.32 Å². The number of carboxylic acid groups (broad SMARTS) is 1. The Labute approximate surface area is 186 Å². The van der Waals surface area contributed by atoms with Gasteiger partial charge in [-0.15, -0.1) is 0 Å². The minimum atomic E-state index is -0.981. The highest BCUT2D eigenvalue weighted by Crippen LogP contribution is 2.27. The van der Waals surface area contributed by atoms with Crippen LogP contribution >= 0.6 is 11.6 Å². The van der Waals surface area contributed by atoms with E-state index in [4.69, 9.17) is 16.3 Å². The molecule has 0 heterocycles. The van der Waals surface area contributed by atoms with Gasteiger partial charge in [-0.2, -0.15) is 0 Å². The first-order valence-corrected chi connectivity index (χ1v) is 10.2. The van der Waals surface area contributed by atoms with Crippen LogP contribution in [-0.2, 0) is 4.79 Å². The fraction of sp³-hybridized carbons (Fsp3) is 0.292. The smallest absolute Gasteiger partial charge is 0.335 e. The lowest BCUT2D eigenvalue weighted by Gasteiger charge is -2.20. The molecule has 3 N–H and O–H groups in total. The Kier molecular flexibility index (Phi) is 9.56. The lowest BCUT2D eigenvalue weighted by atomic mass is 10.0. The average Bonchev–Trinajstić information content (AvgIpc) is 3.21. The van der Waals surface area contributed by atoms with Gasteiger partial charge in [0.25, 0.3) is 0 Å². The Morgan fingerprint density at radius 3 is 2.61 bits per heavy atom. The number of carbonyl (C=O) groups is 1. The van der Waals surface area contributed by atoms with Gasteiger partial charge in [0, 0.05) is 17.1 Å². The SMILES string of the molecule is CC1=C(COc2ccc(NC(CO)C3=CCC=C3C(=O)O)cc2)CC(Cl)=CC=C1.CF. The zero-order valence-electron chi connectivity index (χ0n) is 17.6. The lowest BCUT2D eigenvalue weighted by molar-refractivity contribution is -0.132. The van der Waals surface area contributed by atoms with Crippen LogP contribution in [0.1, 0.15) is 19.8 Å². The molecule has 166 valence electrons. The minimum absolute atomic E-state index is 0.204. The molecule has 0 saturated carbocycles. The van der Waals surface area contributed by atoms with Crippen LogP contribution in [-0.4, -0.2) is 42.6 Å². The maximum Gasteiger partial charge on any atom is 0.335 e. The molecule has 2 aliphatic rings. The first-order chi connectivity index (χ1) is 15.0. The second-order valence-corrected chi connectivity index (χ2v) is 7.43. The predicted molar refractivity (Wildman–Crippen MR) is 122 cm³/mol. The summed E-state index contributed by atoms with van der Waals surface area (Å²) in [5, 5.41) is 23.0. The summed E-state index contributed by atoms with van der Waals surface area (Å²) in [5.41, 5.74) is 3.89. The van der Waals surface area contributed by atoms with Crippen LogP contribution in [0.2, 0.25) is 0 Å². The van der Waals surface area contributed by atoms with Crippen LogP contribution in [0.3, 0.4) is 0 Å². The number of halogens is 2. The number of alkyl halides is 1. The molecular formula is C24H27ClFNO4. The molecule has 1 aromatic carbocycles. The number of carboxylic acids is 1. The Morgan fingerprint density at radius 2 is 1.97 bits per heavy atom. The van der Waals surface area contributed by atoms with Gasteiger partial charge in [-0.1, -0.05) is 35.9 Å². The van der Waals surface area contributed by atoms with E-state index < -0.39 is 12.0 Å². The van der Waals surface area contributed by atoms with Crippen molar-refractivity contribution >= 4 is 23.3 Å². The number of aliphatic carboxylic acids is 1. The standard InChI is InChI=1S/C23H24ClNO4.CH3F/c1-15-4-2-5-17(24)12-16(15)14-29-19-10-8-18(9-11-19)25-22(13-26)20-6-3-7-21(20)23(27)28;1-2/h2,4-11,22,25-26H,3,12-14H2,1H3,(H,27,28);1H3. The number of allylic oxidation sites excluding steroid dienone is 7. The normalized spacial score (nSPS) is 16.4. The molecule has 0 aromatic heterocycles. The average molecular weight is 448 g/mol. The van der Waals surface area contributed by atoms with Gasteiger partial charge < -0.3 is 20.3 Å². The van der Waals surface area contributed by atoms with Crippen molar-refractivity contribution in [3.63, 3.8) is 0 Å². The largest absolute Gasteiger partial charge is 0.489 e. The monoisotopic (exact) mass is 447 g/mol. The van der Waals surface area contributed by atoms with Crippen molar-refractivity contribution in [2.75, 3.05) is 25.7 Å². The van der Waals surface area contributed by atoms with Crippen molar-refractivity contribution in [2.24, 2.45) is 0 Å². The maximum absolute atomic E-state index is 11.3. The molecule has 31 heavy (non-hydrogen) atoms. The lowest BCUT2D eigenvalue weighted by Crippen LogP contribution is -2.28. The van der Waals surface area contributed by atoms with Gasteiger partial charge in [-0.3, -0.25) is 4.39 Å². The molecule has 0 aliphatic heterocycles. The zero-order chi connectivity index (χ0) is 22.8. The van der Waals surface area contributed by atoms with E-state index in [1.807, 2.05) is 55.5 Å². The summed E-state index contributed by atoms with van der Waals surface area (Å²) in [6.45, 7) is 2.29. The van der Waals surface area contributed by atoms with E-state index >= 15 is 0 Å². The molecule has 0 fully saturated rings. The molecular weight excluding hydrogens is 421 g/mol. The first kappa shape index (κ1) is 24.4. The molecule has 0 amide bonds. The number of aliphatic hydroxyl groups is 1. The summed E-state index contributed by atoms with van der Waals surface area (Å²) in [6.07, 6.45) is 10.6. The molecule has 1 atom stereocenters. The summed E-state index contributed by atoms with van der Waals surface area (Å²) in [6, 6.07) is 6.89. The number of anilines is 1. The van der Waals surface area contributed by atoms with Crippen molar-refractivity contribution in [3.8, 4) is 5.75 Å². The zero-order valence-corrected chi connectivity index (χ0v) is 18.3. The van der Waals surface area contributed by atoms with Gasteiger partial charge in [0.15, 0.2) is 0 Å². The van der Waals surface area contributed by atoms with Gasteiger partial charge in [0.1, 0.15) is 12.4 Å². The van der Waals surface area contributed by atoms with Gasteiger partial charge >= 0.3 is 5.97 Å². The fourth-order valence-corrected chi connectivity index (χ4v) is 3.53. The number of nitrogens with one attached hydrogen (secondary N) is 1. The third-order valence-corrected chi connectivity index (χ3v) is 5.19. The highest BCUT2D eigenvalue weighted by molar-refractivity contribution is 6.29. The van der Waals surface area contributed by atoms with E-state index in [0.29, 0.717) is 32.2 Å². The summed E-state index contributed by atoms with van der Waals surface area (Å²) < 4.78 is 15.4. The predicted octanol–water partition coefficient (Wildman–Crippen LogP) is 5.16. The quantitative estimate of drug-likeness (QED) is 0.512. The minimum Gasteiger partial charge on any atom is -0.489 e. The third-order valence-electron chi connectivity index (χ3n) is 4.93. The van der Waals surface area contributed by atoms with Crippen LogP contribution in [0.5, 0.6) is 5.75 Å². The summed E-state index contributed by atoms with van der Waals surface area (Å²) in [4.78, 5) is 11.3. The highest BCUT2D eigenvalue weighted by Gasteiger charge is 2.24. The van der Waals surface area contributed by atoms with Crippen LogP contribution < -0.4 is 10.1 Å². The van der Waals surface area contributed by atoms with Crippen LogP contribution in [0.4, 0.5) is 10.1 Å². The Hall–Kier alpha value is -2.83. The number of rotatable bonds is 8. The number of hydrogen-bond acceptors (Lipinski definition) is 4. The number of ether oxygens (including phenoxy) is 1. The van der Waals surface area contributed by atoms with Crippen molar-refractivity contribution < 1.29 is 24.1 Å². The van der Waals surface area contributed by atoms with Crippen LogP contribution in [0.15, 0.2) is 82.0 Å². The molecule has 0 spiro atoms. The number of aliphatic hydroxyl groups excluding tert-OH is 1. The van der Waals surface area contributed by atoms with E-state index in [1.165, 1.54) is 0 Å². The second kappa shape index (κ2) is 12.1. The van der Waals surface area contributed by atoms with Crippen molar-refractivity contribution in [2.45, 2.75) is 25.8 Å². The molecule has 2 aliphatic carbocycles. The van der Waals surface area contributed by atoms with Crippen molar-refractivity contribution in [1.82, 2.24) is 0 Å². The summed E-state index contributed by atoms with van der Waals surface area (Å²) >= 11 is 6.18. The van der Waals surface area contributed by atoms with Crippen molar-refractivity contribution in [1.29, 1.82) is 0 Å². The summed E-state index contributed by atoms with van der Waals surface area (Å²) in [7, 11) is 0.500. The molecule has 0 radical (unpaired) electrons. The third kappa shape index (κ3) is 6.84. The second-order valence-electron chi connectivity index (χ2n) is 6.95. The van der Waals surface area contributed by atoms with Crippen molar-refractivity contribution in [3.05, 3.63) is 82.0 Å². The Morgan fingerprint density at radius 1 is 1.26 bits per heavy atom. The topological polar surface area (TPSA) is 78.8 Å². The molecule has 1 aromatic rings. The van der Waals surface area contributed by atoms with Gasteiger partial charge in [0.05, 0.1) is 25.4 Å². The number of benzene rings is 1. The van der Waals surface area contributed by atoms with E-state index in [9.17, 15) is 19.4 Å². The van der Waals surface area contributed by atoms with E-state index in [-0.39, 0.29) is 12.2 Å². The van der Waals surface area contributed by atoms with Gasteiger partial charge in [-0.05, 0) is 60.4 Å². The summed E-state index contributed by atoms with van der Waals surface area (Å²) in [5.74, 6) is -0.262. The fourth-order valence-electron chi connectivity index (χ4n) is 3.29. The Bertz CT molecular complexity index is 929. The molecule has 3 rings (SSSR count). The van der Waals surface area contributed by atoms with Gasteiger partial charge in [0.2, 0.25) is 0 Å². The number of hydrogen-bond donors (Lipinski definition) is 3. The first-order valence-electron chi connectivity index (χ1n) is 9.81. The molecule has 1 unspecified atom stereocenters. The van der Waals surface area contributed by atoms with Crippen LogP contribution in [0, 0.1) is 0 Å².